The van der Waals surface area contributed by atoms with Gasteiger partial charge in [0.15, 0.2) is 0 Å². The van der Waals surface area contributed by atoms with Gasteiger partial charge in [-0.05, 0) is 19.6 Å². The van der Waals surface area contributed by atoms with Crippen molar-refractivity contribution in [2.24, 2.45) is 5.73 Å². The van der Waals surface area contributed by atoms with E-state index in [1.165, 1.54) is 83.3 Å². The molecule has 0 unspecified atom stereocenters. The van der Waals surface area contributed by atoms with E-state index in [2.05, 4.69) is 13.5 Å². The van der Waals surface area contributed by atoms with Gasteiger partial charge in [-0.3, -0.25) is 4.79 Å². The summed E-state index contributed by atoms with van der Waals surface area (Å²) in [6.07, 6.45) is 19.9. The molecule has 144 valence electrons. The first kappa shape index (κ1) is 27.5. The molecule has 0 aliphatic carbocycles. The molecule has 0 aromatic rings. The van der Waals surface area contributed by atoms with Crippen LogP contribution in [0.5, 0.6) is 0 Å². The molecule has 0 aromatic heterocycles. The maximum absolute atomic E-state index is 10.5. The Balaban J connectivity index is -0.000000635. The molecule has 0 rings (SSSR count). The monoisotopic (exact) mass is 342 g/mol. The van der Waals surface area contributed by atoms with Crippen LogP contribution in [0.2, 0.25) is 0 Å². The predicted molar refractivity (Wildman–Crippen MR) is 107 cm³/mol. The molecule has 1 amide bonds. The Kier molecular flexibility index (Phi) is 34.0. The third kappa shape index (κ3) is 42.8. The second kappa shape index (κ2) is 29.7. The highest BCUT2D eigenvalue weighted by Gasteiger charge is 1.95. The topological polar surface area (TPSA) is 87.2 Å². The molecular formula is C20H42N2O2. The van der Waals surface area contributed by atoms with Crippen LogP contribution in [0.15, 0.2) is 12.8 Å². The molecule has 0 saturated heterocycles. The van der Waals surface area contributed by atoms with Crippen molar-refractivity contribution < 1.29 is 9.90 Å². The molecule has 4 N–H and O–H groups in total. The number of unbranched alkanes of at least 4 members (excludes halogenated alkanes) is 12. The summed E-state index contributed by atoms with van der Waals surface area (Å²) in [5, 5.41) is 13.4. The molecule has 0 aromatic carbocycles. The fraction of sp³-hybridized carbons (Fsp3) is 0.800. The van der Waals surface area contributed by atoms with E-state index in [0.29, 0.717) is 6.42 Å². The highest BCUT2D eigenvalue weighted by Crippen LogP contribution is 2.12. The molecule has 24 heavy (non-hydrogen) atoms. The van der Waals surface area contributed by atoms with Crippen molar-refractivity contribution in [2.75, 3.05) is 0 Å². The summed E-state index contributed by atoms with van der Waals surface area (Å²) in [6, 6.07) is 0. The summed E-state index contributed by atoms with van der Waals surface area (Å²) in [7, 11) is 0. The van der Waals surface area contributed by atoms with E-state index in [1.54, 1.807) is 6.92 Å². The van der Waals surface area contributed by atoms with Crippen molar-refractivity contribution in [3.8, 4) is 0 Å². The highest BCUT2D eigenvalue weighted by molar-refractivity contribution is 5.73. The normalized spacial score (nSPS) is 9.08. The van der Waals surface area contributed by atoms with Crippen LogP contribution < -0.4 is 5.73 Å². The first-order valence-corrected chi connectivity index (χ1v) is 9.59. The van der Waals surface area contributed by atoms with Crippen LogP contribution >= 0.6 is 0 Å². The van der Waals surface area contributed by atoms with Gasteiger partial charge in [0.2, 0.25) is 5.91 Å². The summed E-state index contributed by atoms with van der Waals surface area (Å²) >= 11 is 0. The summed E-state index contributed by atoms with van der Waals surface area (Å²) in [5.41, 5.74) is 5.09. The second-order valence-electron chi connectivity index (χ2n) is 5.93. The molecular weight excluding hydrogens is 300 g/mol. The van der Waals surface area contributed by atoms with Crippen molar-refractivity contribution in [1.29, 1.82) is 5.41 Å². The number of aliphatic hydroxyl groups excluding tert-OH is 1. The first-order chi connectivity index (χ1) is 11.6. The van der Waals surface area contributed by atoms with Crippen LogP contribution in [-0.2, 0) is 4.79 Å². The zero-order valence-electron chi connectivity index (χ0n) is 16.2. The average molecular weight is 343 g/mol. The maximum atomic E-state index is 10.5. The van der Waals surface area contributed by atoms with Gasteiger partial charge in [0, 0.05) is 6.42 Å². The van der Waals surface area contributed by atoms with Crippen LogP contribution in [0.4, 0.5) is 0 Å². The summed E-state index contributed by atoms with van der Waals surface area (Å²) in [5.74, 6) is -0.155. The Hall–Kier alpha value is -1.32. The number of nitrogens with two attached hydrogens (primary N) is 1. The SMILES string of the molecule is C=CO.CC=N.CCCCCCCCCCCCCCCC(N)=O. The fourth-order valence-electron chi connectivity index (χ4n) is 2.32. The molecule has 0 spiro atoms. The Bertz CT molecular complexity index is 250. The largest absolute Gasteiger partial charge is 0.516 e. The summed E-state index contributed by atoms with van der Waals surface area (Å²) < 4.78 is 0. The van der Waals surface area contributed by atoms with Gasteiger partial charge in [-0.2, -0.15) is 0 Å². The van der Waals surface area contributed by atoms with Crippen LogP contribution in [0.1, 0.15) is 104 Å². The molecule has 0 atom stereocenters. The van der Waals surface area contributed by atoms with Gasteiger partial charge < -0.3 is 16.2 Å². The van der Waals surface area contributed by atoms with Crippen molar-refractivity contribution >= 4 is 12.1 Å². The van der Waals surface area contributed by atoms with Gasteiger partial charge in [0.25, 0.3) is 0 Å². The van der Waals surface area contributed by atoms with Crippen molar-refractivity contribution in [3.05, 3.63) is 12.8 Å². The van der Waals surface area contributed by atoms with Crippen LogP contribution in [0.25, 0.3) is 0 Å². The molecule has 0 aliphatic rings. The van der Waals surface area contributed by atoms with Crippen LogP contribution in [0.3, 0.4) is 0 Å². The van der Waals surface area contributed by atoms with E-state index in [9.17, 15) is 4.79 Å². The summed E-state index contributed by atoms with van der Waals surface area (Å²) in [6.45, 7) is 6.85. The van der Waals surface area contributed by atoms with Gasteiger partial charge >= 0.3 is 0 Å². The molecule has 0 bridgehead atoms. The number of amides is 1. The predicted octanol–water partition coefficient (Wildman–Crippen LogP) is 6.30. The second-order valence-corrected chi connectivity index (χ2v) is 5.93. The Labute approximate surface area is 150 Å². The molecule has 0 fully saturated rings. The Morgan fingerprint density at radius 2 is 1.17 bits per heavy atom. The van der Waals surface area contributed by atoms with Gasteiger partial charge in [0.05, 0.1) is 6.26 Å². The number of hydrogen-bond donors (Lipinski definition) is 3. The lowest BCUT2D eigenvalue weighted by molar-refractivity contribution is -0.118. The van der Waals surface area contributed by atoms with Crippen LogP contribution in [0, 0.1) is 5.41 Å². The van der Waals surface area contributed by atoms with E-state index in [-0.39, 0.29) is 5.91 Å². The molecule has 4 heteroatoms. The van der Waals surface area contributed by atoms with Gasteiger partial charge in [-0.1, -0.05) is 90.6 Å². The number of hydrogen-bond acceptors (Lipinski definition) is 3. The van der Waals surface area contributed by atoms with Crippen LogP contribution in [-0.4, -0.2) is 17.2 Å². The number of carbonyl (C=O) groups is 1. The zero-order chi connectivity index (χ0) is 18.9. The lowest BCUT2D eigenvalue weighted by atomic mass is 10.0. The van der Waals surface area contributed by atoms with Gasteiger partial charge in [0.1, 0.15) is 0 Å². The fourth-order valence-corrected chi connectivity index (χ4v) is 2.32. The van der Waals surface area contributed by atoms with Gasteiger partial charge in [-0.15, -0.1) is 0 Å². The minimum atomic E-state index is -0.155. The summed E-state index contributed by atoms with van der Waals surface area (Å²) in [4.78, 5) is 10.5. The van der Waals surface area contributed by atoms with Crippen molar-refractivity contribution in [3.63, 3.8) is 0 Å². The minimum absolute atomic E-state index is 0.155. The highest BCUT2D eigenvalue weighted by atomic mass is 16.2. The van der Waals surface area contributed by atoms with E-state index in [4.69, 9.17) is 16.2 Å². The number of carbonyl (C=O) groups excluding carboxylic acids is 1. The van der Waals surface area contributed by atoms with E-state index >= 15 is 0 Å². The number of nitrogens with one attached hydrogen (secondary N) is 1. The van der Waals surface area contributed by atoms with Crippen molar-refractivity contribution in [1.82, 2.24) is 0 Å². The first-order valence-electron chi connectivity index (χ1n) is 9.59. The quantitative estimate of drug-likeness (QED) is 0.196. The number of rotatable bonds is 14. The number of aliphatic hydroxyl groups is 1. The Morgan fingerprint density at radius 3 is 1.42 bits per heavy atom. The van der Waals surface area contributed by atoms with Crippen molar-refractivity contribution in [2.45, 2.75) is 104 Å². The molecule has 0 aliphatic heterocycles. The lowest BCUT2D eigenvalue weighted by Gasteiger charge is -2.02. The third-order valence-electron chi connectivity index (χ3n) is 3.53. The lowest BCUT2D eigenvalue weighted by Crippen LogP contribution is -2.09. The maximum Gasteiger partial charge on any atom is 0.217 e. The third-order valence-corrected chi connectivity index (χ3v) is 3.53. The minimum Gasteiger partial charge on any atom is -0.516 e. The molecule has 0 radical (unpaired) electrons. The van der Waals surface area contributed by atoms with E-state index < -0.39 is 0 Å². The zero-order valence-corrected chi connectivity index (χ0v) is 16.2. The van der Waals surface area contributed by atoms with E-state index in [1.807, 2.05) is 0 Å². The molecule has 4 nitrogen and oxygen atoms in total. The molecule has 0 saturated carbocycles. The smallest absolute Gasteiger partial charge is 0.217 e. The average Bonchev–Trinajstić information content (AvgIpc) is 2.53. The standard InChI is InChI=1S/C16H33NO.C2H5N.C2H4O/c1-2-3-4-5-6-7-8-9-10-11-12-13-14-15-16(17)18;2*1-2-3/h2-15H2,1H3,(H2,17,18);2-3H,1H3;2-3H,1H2. The Morgan fingerprint density at radius 1 is 0.917 bits per heavy atom. The van der Waals surface area contributed by atoms with E-state index in [0.717, 1.165) is 12.7 Å². The van der Waals surface area contributed by atoms with Gasteiger partial charge in [-0.25, -0.2) is 0 Å². The number of primary amides is 1. The molecule has 0 heterocycles.